The first kappa shape index (κ1) is 26.6. The van der Waals surface area contributed by atoms with Gasteiger partial charge in [-0.05, 0) is 19.3 Å². The second-order valence-electron chi connectivity index (χ2n) is 8.70. The van der Waals surface area contributed by atoms with Crippen LogP contribution in [0.2, 0.25) is 0 Å². The van der Waals surface area contributed by atoms with Crippen molar-refractivity contribution in [3.8, 4) is 0 Å². The normalized spacial score (nSPS) is 18.3. The molecule has 0 spiro atoms. The Kier molecular flexibility index (Phi) is 14.1. The number of unbranched alkanes of at least 4 members (excludes halogenated alkanes) is 12. The average molecular weight is 434 g/mol. The molecule has 1 aliphatic rings. The molecule has 0 saturated carbocycles. The topological polar surface area (TPSA) is 98.1 Å². The van der Waals surface area contributed by atoms with Gasteiger partial charge in [-0.15, -0.1) is 0 Å². The van der Waals surface area contributed by atoms with Crippen LogP contribution < -0.4 is 0 Å². The predicted octanol–water partition coefficient (Wildman–Crippen LogP) is 5.00. The zero-order valence-corrected chi connectivity index (χ0v) is 19.3. The fraction of sp³-hybridized carbons (Fsp3) is 0.955. The van der Waals surface area contributed by atoms with Gasteiger partial charge in [-0.3, -0.25) is 9.36 Å². The summed E-state index contributed by atoms with van der Waals surface area (Å²) in [6.07, 6.45) is 16.6. The minimum Gasteiger partial charge on any atom is -0.390 e. The lowest BCUT2D eigenvalue weighted by molar-refractivity contribution is -0.134. The van der Waals surface area contributed by atoms with Gasteiger partial charge in [-0.25, -0.2) is 0 Å². The predicted molar refractivity (Wildman–Crippen MR) is 118 cm³/mol. The zero-order valence-electron chi connectivity index (χ0n) is 18.4. The summed E-state index contributed by atoms with van der Waals surface area (Å²) in [5.74, 6) is 0.0142. The van der Waals surface area contributed by atoms with Gasteiger partial charge in [0.15, 0.2) is 0 Å². The van der Waals surface area contributed by atoms with Crippen molar-refractivity contribution in [1.29, 1.82) is 0 Å². The van der Waals surface area contributed by atoms with Gasteiger partial charge in [0.25, 0.3) is 0 Å². The molecule has 6 nitrogen and oxygen atoms in total. The molecule has 0 aromatic heterocycles. The Morgan fingerprint density at radius 2 is 1.41 bits per heavy atom. The number of hydrogen-bond donors (Lipinski definition) is 3. The van der Waals surface area contributed by atoms with Gasteiger partial charge >= 0.3 is 7.60 Å². The monoisotopic (exact) mass is 433 g/mol. The number of nitrogens with zero attached hydrogens (tertiary/aromatic N) is 1. The Morgan fingerprint density at radius 1 is 0.931 bits per heavy atom. The average Bonchev–Trinajstić information content (AvgIpc) is 3.14. The van der Waals surface area contributed by atoms with Crippen LogP contribution in [-0.2, 0) is 9.36 Å². The first-order chi connectivity index (χ1) is 13.8. The smallest absolute Gasteiger partial charge is 0.328 e. The summed E-state index contributed by atoms with van der Waals surface area (Å²) < 4.78 is 11.1. The van der Waals surface area contributed by atoms with Crippen LogP contribution in [0.1, 0.15) is 110 Å². The lowest BCUT2D eigenvalue weighted by atomic mass is 10.0. The van der Waals surface area contributed by atoms with E-state index in [0.717, 1.165) is 25.7 Å². The highest BCUT2D eigenvalue weighted by molar-refractivity contribution is 7.51. The zero-order chi connectivity index (χ0) is 21.5. The molecule has 0 aromatic rings. The molecule has 1 fully saturated rings. The lowest BCUT2D eigenvalue weighted by Crippen LogP contribution is -2.44. The highest BCUT2D eigenvalue weighted by Crippen LogP contribution is 2.37. The van der Waals surface area contributed by atoms with E-state index >= 15 is 0 Å². The van der Waals surface area contributed by atoms with Crippen LogP contribution in [-0.4, -0.2) is 50.6 Å². The second kappa shape index (κ2) is 15.4. The summed E-state index contributed by atoms with van der Waals surface area (Å²) >= 11 is 0. The van der Waals surface area contributed by atoms with E-state index in [1.54, 1.807) is 4.90 Å². The number of aliphatic hydroxyl groups is 1. The van der Waals surface area contributed by atoms with E-state index < -0.39 is 25.9 Å². The number of hydrogen-bond acceptors (Lipinski definition) is 3. The quantitative estimate of drug-likeness (QED) is 0.222. The summed E-state index contributed by atoms with van der Waals surface area (Å²) in [4.78, 5) is 32.2. The molecule has 3 N–H and O–H groups in total. The third kappa shape index (κ3) is 12.8. The van der Waals surface area contributed by atoms with E-state index in [4.69, 9.17) is 9.79 Å². The molecular formula is C22H44NO5P. The van der Waals surface area contributed by atoms with Crippen LogP contribution in [0.3, 0.4) is 0 Å². The Labute approximate surface area is 177 Å². The number of carbonyl (C=O) groups is 1. The van der Waals surface area contributed by atoms with Gasteiger partial charge in [0.05, 0.1) is 18.3 Å². The minimum absolute atomic E-state index is 0.0142. The molecule has 29 heavy (non-hydrogen) atoms. The standard InChI is InChI=1S/C22H44NO5P/c1-2-3-4-5-6-7-8-9-10-11-12-13-14-17-22(25)23-18-15-16-20(23)21(24)19-29(26,27)28/h20-21,24H,2-19H2,1H3,(H2,26,27,28). The van der Waals surface area contributed by atoms with Gasteiger partial charge in [-0.2, -0.15) is 0 Å². The molecule has 1 saturated heterocycles. The van der Waals surface area contributed by atoms with Gasteiger partial charge in [0, 0.05) is 13.0 Å². The first-order valence-electron chi connectivity index (χ1n) is 11.9. The van der Waals surface area contributed by atoms with E-state index in [1.807, 2.05) is 0 Å². The lowest BCUT2D eigenvalue weighted by Gasteiger charge is -2.29. The molecule has 172 valence electrons. The Hall–Kier alpha value is -0.420. The molecule has 1 amide bonds. The summed E-state index contributed by atoms with van der Waals surface area (Å²) in [5.41, 5.74) is 0. The first-order valence-corrected chi connectivity index (χ1v) is 13.7. The molecule has 7 heteroatoms. The van der Waals surface area contributed by atoms with Crippen LogP contribution in [0.4, 0.5) is 0 Å². The van der Waals surface area contributed by atoms with Gasteiger partial charge in [0.2, 0.25) is 5.91 Å². The Balaban J connectivity index is 2.04. The maximum absolute atomic E-state index is 12.4. The van der Waals surface area contributed by atoms with Crippen LogP contribution in [0.5, 0.6) is 0 Å². The van der Waals surface area contributed by atoms with Crippen LogP contribution in [0.15, 0.2) is 0 Å². The number of likely N-dealkylation sites (tertiary alicyclic amines) is 1. The molecule has 0 aromatic carbocycles. The largest absolute Gasteiger partial charge is 0.390 e. The summed E-state index contributed by atoms with van der Waals surface area (Å²) in [6, 6.07) is -0.447. The van der Waals surface area contributed by atoms with E-state index in [1.165, 1.54) is 64.2 Å². The van der Waals surface area contributed by atoms with Crippen molar-refractivity contribution in [2.75, 3.05) is 12.7 Å². The molecule has 0 radical (unpaired) electrons. The number of carbonyl (C=O) groups excluding carboxylic acids is 1. The fourth-order valence-corrected chi connectivity index (χ4v) is 5.04. The highest BCUT2D eigenvalue weighted by atomic mass is 31.2. The highest BCUT2D eigenvalue weighted by Gasteiger charge is 2.36. The Bertz CT molecular complexity index is 482. The number of amides is 1. The maximum atomic E-state index is 12.4. The molecule has 0 aliphatic carbocycles. The minimum atomic E-state index is -4.27. The Morgan fingerprint density at radius 3 is 1.90 bits per heavy atom. The molecule has 0 bridgehead atoms. The summed E-state index contributed by atoms with van der Waals surface area (Å²) in [7, 11) is -4.27. The van der Waals surface area contributed by atoms with Crippen LogP contribution >= 0.6 is 7.60 Å². The number of rotatable bonds is 17. The molecule has 1 aliphatic heterocycles. The summed E-state index contributed by atoms with van der Waals surface area (Å²) in [5, 5.41) is 10.1. The van der Waals surface area contributed by atoms with Crippen molar-refractivity contribution in [3.63, 3.8) is 0 Å². The van der Waals surface area contributed by atoms with Gasteiger partial charge in [-0.1, -0.05) is 84.0 Å². The molecule has 2 atom stereocenters. The SMILES string of the molecule is CCCCCCCCCCCCCCCC(=O)N1CCCC1C(O)CP(=O)(O)O. The van der Waals surface area contributed by atoms with Crippen LogP contribution in [0.25, 0.3) is 0 Å². The molecule has 1 rings (SSSR count). The van der Waals surface area contributed by atoms with E-state index in [0.29, 0.717) is 19.4 Å². The van der Waals surface area contributed by atoms with Crippen molar-refractivity contribution < 1.29 is 24.3 Å². The molecular weight excluding hydrogens is 389 g/mol. The third-order valence-corrected chi connectivity index (χ3v) is 6.83. The van der Waals surface area contributed by atoms with Crippen molar-refractivity contribution >= 4 is 13.5 Å². The second-order valence-corrected chi connectivity index (χ2v) is 10.4. The van der Waals surface area contributed by atoms with Gasteiger partial charge in [0.1, 0.15) is 0 Å². The van der Waals surface area contributed by atoms with E-state index in [2.05, 4.69) is 6.92 Å². The van der Waals surface area contributed by atoms with Crippen molar-refractivity contribution in [3.05, 3.63) is 0 Å². The van der Waals surface area contributed by atoms with E-state index in [9.17, 15) is 14.5 Å². The third-order valence-electron chi connectivity index (χ3n) is 5.98. The number of aliphatic hydroxyl groups excluding tert-OH is 1. The van der Waals surface area contributed by atoms with E-state index in [-0.39, 0.29) is 5.91 Å². The fourth-order valence-electron chi connectivity index (χ4n) is 4.31. The molecule has 1 heterocycles. The summed E-state index contributed by atoms with van der Waals surface area (Å²) in [6.45, 7) is 2.83. The van der Waals surface area contributed by atoms with Crippen molar-refractivity contribution in [1.82, 2.24) is 4.90 Å². The van der Waals surface area contributed by atoms with Crippen molar-refractivity contribution in [2.24, 2.45) is 0 Å². The van der Waals surface area contributed by atoms with Crippen molar-refractivity contribution in [2.45, 2.75) is 122 Å². The van der Waals surface area contributed by atoms with Crippen LogP contribution in [0, 0.1) is 0 Å². The molecule has 2 unspecified atom stereocenters. The maximum Gasteiger partial charge on any atom is 0.328 e. The van der Waals surface area contributed by atoms with Gasteiger partial charge < -0.3 is 19.8 Å².